The van der Waals surface area contributed by atoms with Crippen LogP contribution < -0.4 is 4.90 Å². The highest BCUT2D eigenvalue weighted by atomic mass is 35.5. The minimum absolute atomic E-state index is 0.00645. The summed E-state index contributed by atoms with van der Waals surface area (Å²) in [4.78, 5) is 15.4. The van der Waals surface area contributed by atoms with Gasteiger partial charge in [-0.05, 0) is 20.9 Å². The Hall–Kier alpha value is -1.64. The molecule has 1 aromatic rings. The van der Waals surface area contributed by atoms with Gasteiger partial charge in [0.1, 0.15) is 22.4 Å². The molecule has 1 aromatic heterocycles. The number of amidine groups is 1. The van der Waals surface area contributed by atoms with E-state index in [9.17, 15) is 8.42 Å². The average molecular weight is 396 g/mol. The quantitative estimate of drug-likeness (QED) is 0.663. The molecule has 7 nitrogen and oxygen atoms in total. The standard InChI is InChI=1S/C17H22ClN5O2S/c1-9-6-21(4)7-12-8-26(24,25)15-13-16(19-10(2)14(15)18)22(5)11(3)20-17(13)23(9)12/h9,12H,3,6-8H2,1-2,4-5H3. The molecule has 0 bridgehead atoms. The van der Waals surface area contributed by atoms with Gasteiger partial charge in [0.2, 0.25) is 0 Å². The summed E-state index contributed by atoms with van der Waals surface area (Å²) in [5, 5.41) is 0.193. The van der Waals surface area contributed by atoms with Gasteiger partial charge in [0, 0.05) is 26.2 Å². The van der Waals surface area contributed by atoms with Crippen molar-refractivity contribution in [1.29, 1.82) is 0 Å². The normalized spacial score (nSPS) is 27.6. The van der Waals surface area contributed by atoms with E-state index >= 15 is 0 Å². The van der Waals surface area contributed by atoms with E-state index in [0.29, 0.717) is 35.3 Å². The number of halogens is 1. The Kier molecular flexibility index (Phi) is 3.88. The monoisotopic (exact) mass is 395 g/mol. The Morgan fingerprint density at radius 1 is 1.27 bits per heavy atom. The molecule has 1 saturated heterocycles. The molecular formula is C17H22ClN5O2S. The number of hydrogen-bond donors (Lipinski definition) is 0. The van der Waals surface area contributed by atoms with Gasteiger partial charge >= 0.3 is 0 Å². The van der Waals surface area contributed by atoms with Crippen LogP contribution in [0, 0.1) is 6.92 Å². The largest absolute Gasteiger partial charge is 0.347 e. The molecule has 1 fully saturated rings. The van der Waals surface area contributed by atoms with Crippen LogP contribution in [0.5, 0.6) is 0 Å². The smallest absolute Gasteiger partial charge is 0.182 e. The lowest BCUT2D eigenvalue weighted by Gasteiger charge is -2.46. The number of pyridine rings is 1. The van der Waals surface area contributed by atoms with Crippen LogP contribution in [0.4, 0.5) is 5.82 Å². The summed E-state index contributed by atoms with van der Waals surface area (Å²) >= 11 is 6.47. The van der Waals surface area contributed by atoms with Gasteiger partial charge in [-0.1, -0.05) is 18.2 Å². The molecule has 0 spiro atoms. The molecule has 26 heavy (non-hydrogen) atoms. The number of aliphatic imine (C=N–C) groups is 1. The highest BCUT2D eigenvalue weighted by Crippen LogP contribution is 2.42. The number of aryl methyl sites for hydroxylation is 1. The van der Waals surface area contributed by atoms with Crippen LogP contribution in [0.25, 0.3) is 0 Å². The second kappa shape index (κ2) is 5.68. The molecule has 4 rings (SSSR count). The van der Waals surface area contributed by atoms with Crippen molar-refractivity contribution in [2.75, 3.05) is 37.8 Å². The number of aromatic nitrogens is 1. The molecule has 0 N–H and O–H groups in total. The topological polar surface area (TPSA) is 69.1 Å². The summed E-state index contributed by atoms with van der Waals surface area (Å²) in [6.07, 6.45) is 0. The number of rotatable bonds is 0. The minimum Gasteiger partial charge on any atom is -0.347 e. The third-order valence-electron chi connectivity index (χ3n) is 5.34. The van der Waals surface area contributed by atoms with Gasteiger partial charge in [0.15, 0.2) is 9.84 Å². The molecule has 0 aromatic carbocycles. The van der Waals surface area contributed by atoms with Gasteiger partial charge in [-0.3, -0.25) is 0 Å². The molecule has 2 unspecified atom stereocenters. The second-order valence-electron chi connectivity index (χ2n) is 7.36. The number of piperazine rings is 1. The lowest BCUT2D eigenvalue weighted by molar-refractivity contribution is 0.115. The maximum Gasteiger partial charge on any atom is 0.182 e. The van der Waals surface area contributed by atoms with Gasteiger partial charge in [-0.2, -0.15) is 0 Å². The van der Waals surface area contributed by atoms with E-state index < -0.39 is 9.84 Å². The minimum atomic E-state index is -3.60. The lowest BCUT2D eigenvalue weighted by atomic mass is 10.0. The zero-order valence-corrected chi connectivity index (χ0v) is 16.9. The van der Waals surface area contributed by atoms with E-state index in [1.807, 2.05) is 7.05 Å². The van der Waals surface area contributed by atoms with Crippen LogP contribution in [0.3, 0.4) is 0 Å². The molecule has 0 aliphatic carbocycles. The number of sulfone groups is 1. The Labute approximate surface area is 158 Å². The SMILES string of the molecule is C=C1N=C2c3c(nc(C)c(Cl)c3S(=O)(=O)CC3CN(C)CC(C)N23)N1C. The maximum absolute atomic E-state index is 13.3. The fraction of sp³-hybridized carbons (Fsp3) is 0.529. The molecular weight excluding hydrogens is 374 g/mol. The average Bonchev–Trinajstić information content (AvgIpc) is 2.61. The fourth-order valence-electron chi connectivity index (χ4n) is 4.21. The van der Waals surface area contributed by atoms with Gasteiger partial charge in [-0.15, -0.1) is 0 Å². The number of fused-ring (bicyclic) bond motifs is 2. The van der Waals surface area contributed by atoms with Crippen molar-refractivity contribution in [3.8, 4) is 0 Å². The molecule has 0 radical (unpaired) electrons. The van der Waals surface area contributed by atoms with Gasteiger partial charge in [0.05, 0.1) is 28.1 Å². The first-order valence-electron chi connectivity index (χ1n) is 8.53. The maximum atomic E-state index is 13.3. The van der Waals surface area contributed by atoms with Crippen LogP contribution in [0.2, 0.25) is 5.02 Å². The Morgan fingerprint density at radius 3 is 2.65 bits per heavy atom. The highest BCUT2D eigenvalue weighted by Gasteiger charge is 2.45. The zero-order chi connectivity index (χ0) is 19.0. The van der Waals surface area contributed by atoms with Gasteiger partial charge < -0.3 is 14.7 Å². The van der Waals surface area contributed by atoms with Gasteiger partial charge in [-0.25, -0.2) is 18.4 Å². The Balaban J connectivity index is 2.09. The predicted molar refractivity (Wildman–Crippen MR) is 103 cm³/mol. The molecule has 9 heteroatoms. The second-order valence-corrected chi connectivity index (χ2v) is 9.71. The van der Waals surface area contributed by atoms with E-state index in [-0.39, 0.29) is 27.8 Å². The summed E-state index contributed by atoms with van der Waals surface area (Å²) in [5.41, 5.74) is 1.00. The van der Waals surface area contributed by atoms with E-state index in [1.54, 1.807) is 18.9 Å². The van der Waals surface area contributed by atoms with Crippen LogP contribution in [-0.2, 0) is 9.84 Å². The Morgan fingerprint density at radius 2 is 1.96 bits per heavy atom. The highest BCUT2D eigenvalue weighted by molar-refractivity contribution is 7.91. The van der Waals surface area contributed by atoms with Crippen molar-refractivity contribution in [3.05, 3.63) is 28.7 Å². The van der Waals surface area contributed by atoms with E-state index in [1.165, 1.54) is 0 Å². The first-order valence-corrected chi connectivity index (χ1v) is 10.6. The molecule has 2 atom stereocenters. The first-order chi connectivity index (χ1) is 12.1. The van der Waals surface area contributed by atoms with Crippen molar-refractivity contribution in [2.24, 2.45) is 4.99 Å². The number of nitrogens with zero attached hydrogens (tertiary/aromatic N) is 5. The van der Waals surface area contributed by atoms with Crippen LogP contribution in [0.1, 0.15) is 18.2 Å². The zero-order valence-electron chi connectivity index (χ0n) is 15.3. The fourth-order valence-corrected chi connectivity index (χ4v) is 6.55. The van der Waals surface area contributed by atoms with Gasteiger partial charge in [0.25, 0.3) is 0 Å². The third-order valence-corrected chi connectivity index (χ3v) is 7.77. The molecule has 0 saturated carbocycles. The Bertz CT molecular complexity index is 958. The van der Waals surface area contributed by atoms with Crippen molar-refractivity contribution >= 4 is 33.1 Å². The van der Waals surface area contributed by atoms with E-state index in [2.05, 4.69) is 33.3 Å². The summed E-state index contributed by atoms with van der Waals surface area (Å²) in [7, 11) is 0.206. The molecule has 3 aliphatic rings. The summed E-state index contributed by atoms with van der Waals surface area (Å²) in [6, 6.07) is -0.0805. The van der Waals surface area contributed by atoms with Crippen molar-refractivity contribution in [1.82, 2.24) is 14.8 Å². The summed E-state index contributed by atoms with van der Waals surface area (Å²) in [5.74, 6) is 1.72. The van der Waals surface area contributed by atoms with Crippen LogP contribution in [-0.4, -0.2) is 74.1 Å². The molecule has 4 heterocycles. The lowest BCUT2D eigenvalue weighted by Crippen LogP contribution is -2.60. The first kappa shape index (κ1) is 17.8. The van der Waals surface area contributed by atoms with E-state index in [0.717, 1.165) is 6.54 Å². The van der Waals surface area contributed by atoms with Crippen LogP contribution in [0.15, 0.2) is 22.3 Å². The van der Waals surface area contributed by atoms with Crippen molar-refractivity contribution < 1.29 is 8.42 Å². The van der Waals surface area contributed by atoms with Crippen molar-refractivity contribution in [3.63, 3.8) is 0 Å². The van der Waals surface area contributed by atoms with Crippen molar-refractivity contribution in [2.45, 2.75) is 30.8 Å². The molecule has 3 aliphatic heterocycles. The number of anilines is 1. The van der Waals surface area contributed by atoms with E-state index in [4.69, 9.17) is 11.6 Å². The number of likely N-dealkylation sites (N-methyl/N-ethyl adjacent to an activating group) is 1. The molecule has 0 amide bonds. The third kappa shape index (κ3) is 2.39. The van der Waals surface area contributed by atoms with Crippen LogP contribution >= 0.6 is 11.6 Å². The summed E-state index contributed by atoms with van der Waals surface area (Å²) < 4.78 is 26.6. The number of hydrogen-bond acceptors (Lipinski definition) is 7. The molecule has 140 valence electrons. The predicted octanol–water partition coefficient (Wildman–Crippen LogP) is 1.50. The summed E-state index contributed by atoms with van der Waals surface area (Å²) in [6.45, 7) is 9.32.